The van der Waals surface area contributed by atoms with Crippen molar-refractivity contribution in [1.29, 1.82) is 0 Å². The summed E-state index contributed by atoms with van der Waals surface area (Å²) in [6.07, 6.45) is 1.10. The van der Waals surface area contributed by atoms with E-state index >= 15 is 0 Å². The summed E-state index contributed by atoms with van der Waals surface area (Å²) in [6.45, 7) is 4.31. The van der Waals surface area contributed by atoms with Gasteiger partial charge >= 0.3 is 0 Å². The summed E-state index contributed by atoms with van der Waals surface area (Å²) in [6, 6.07) is 9.55. The summed E-state index contributed by atoms with van der Waals surface area (Å²) in [5.41, 5.74) is 5.05. The SMILES string of the molecule is CC(C)=C[Si]CCc1ccccc1OC(I)I. The second kappa shape index (κ2) is 8.52. The number of ether oxygens (including phenoxy) is 1. The van der Waals surface area contributed by atoms with Gasteiger partial charge in [0.15, 0.2) is 2.12 Å². The highest BCUT2D eigenvalue weighted by atomic mass is 127. The van der Waals surface area contributed by atoms with Gasteiger partial charge in [-0.15, -0.1) is 5.70 Å². The zero-order valence-corrected chi connectivity index (χ0v) is 15.4. The number of halogens is 2. The van der Waals surface area contributed by atoms with E-state index in [9.17, 15) is 0 Å². The Hall–Kier alpha value is 0.437. The first-order chi connectivity index (χ1) is 8.09. The van der Waals surface area contributed by atoms with Gasteiger partial charge in [-0.1, -0.05) is 29.8 Å². The normalized spacial score (nSPS) is 10.4. The van der Waals surface area contributed by atoms with E-state index in [1.807, 2.05) is 6.07 Å². The summed E-state index contributed by atoms with van der Waals surface area (Å²) < 4.78 is 5.97. The highest BCUT2D eigenvalue weighted by Gasteiger charge is 2.05. The number of hydrogen-bond donors (Lipinski definition) is 0. The van der Waals surface area contributed by atoms with Crippen molar-refractivity contribution in [3.05, 3.63) is 41.1 Å². The van der Waals surface area contributed by atoms with Gasteiger partial charge in [0.25, 0.3) is 0 Å². The molecule has 1 aromatic carbocycles. The number of rotatable bonds is 6. The van der Waals surface area contributed by atoms with Gasteiger partial charge in [0.2, 0.25) is 0 Å². The third-order valence-corrected chi connectivity index (χ3v) is 3.95. The molecule has 0 aliphatic rings. The smallest absolute Gasteiger partial charge is 0.199 e. The van der Waals surface area contributed by atoms with Gasteiger partial charge in [0.05, 0.1) is 9.52 Å². The molecule has 0 aromatic heterocycles. The van der Waals surface area contributed by atoms with Crippen molar-refractivity contribution in [2.75, 3.05) is 0 Å². The van der Waals surface area contributed by atoms with Gasteiger partial charge in [-0.25, -0.2) is 0 Å². The Morgan fingerprint density at radius 1 is 1.35 bits per heavy atom. The minimum Gasteiger partial charge on any atom is -0.470 e. The van der Waals surface area contributed by atoms with Crippen molar-refractivity contribution >= 4 is 54.7 Å². The summed E-state index contributed by atoms with van der Waals surface area (Å²) in [4.78, 5) is 0. The third kappa shape index (κ3) is 6.81. The average Bonchev–Trinajstić information content (AvgIpc) is 2.25. The van der Waals surface area contributed by atoms with Crippen molar-refractivity contribution in [1.82, 2.24) is 0 Å². The van der Waals surface area contributed by atoms with E-state index in [-0.39, 0.29) is 2.12 Å². The lowest BCUT2D eigenvalue weighted by Crippen LogP contribution is -2.01. The average molecular weight is 470 g/mol. The molecule has 0 saturated heterocycles. The van der Waals surface area contributed by atoms with Crippen LogP contribution >= 0.6 is 45.2 Å². The van der Waals surface area contributed by atoms with E-state index in [2.05, 4.69) is 82.9 Å². The molecule has 0 saturated carbocycles. The van der Waals surface area contributed by atoms with Crippen LogP contribution in [-0.4, -0.2) is 11.6 Å². The molecule has 0 bridgehead atoms. The summed E-state index contributed by atoms with van der Waals surface area (Å²) in [5, 5.41) is 0. The van der Waals surface area contributed by atoms with Crippen molar-refractivity contribution in [2.45, 2.75) is 28.4 Å². The second-order valence-corrected chi connectivity index (χ2v) is 9.76. The Morgan fingerprint density at radius 2 is 2.06 bits per heavy atom. The molecule has 0 amide bonds. The molecule has 2 radical (unpaired) electrons. The summed E-state index contributed by atoms with van der Waals surface area (Å²) >= 11 is 4.55. The third-order valence-electron chi connectivity index (χ3n) is 2.12. The number of benzene rings is 1. The van der Waals surface area contributed by atoms with E-state index in [4.69, 9.17) is 4.74 Å². The fraction of sp³-hybridized carbons (Fsp3) is 0.385. The molecule has 4 heteroatoms. The topological polar surface area (TPSA) is 9.23 Å². The lowest BCUT2D eigenvalue weighted by Gasteiger charge is -2.11. The monoisotopic (exact) mass is 470 g/mol. The van der Waals surface area contributed by atoms with Gasteiger partial charge in [-0.2, -0.15) is 0 Å². The minimum atomic E-state index is 0.187. The van der Waals surface area contributed by atoms with Crippen molar-refractivity contribution in [3.8, 4) is 5.75 Å². The fourth-order valence-corrected chi connectivity index (χ4v) is 2.92. The molecule has 17 heavy (non-hydrogen) atoms. The maximum absolute atomic E-state index is 5.78. The van der Waals surface area contributed by atoms with E-state index in [0.717, 1.165) is 21.7 Å². The fourth-order valence-electron chi connectivity index (χ4n) is 1.40. The molecule has 0 spiro atoms. The van der Waals surface area contributed by atoms with Crippen LogP contribution in [0.1, 0.15) is 19.4 Å². The Kier molecular flexibility index (Phi) is 7.77. The van der Waals surface area contributed by atoms with Crippen molar-refractivity contribution < 1.29 is 4.74 Å². The molecule has 1 rings (SSSR count). The van der Waals surface area contributed by atoms with Crippen LogP contribution in [0.3, 0.4) is 0 Å². The number of para-hydroxylation sites is 1. The molecule has 0 aliphatic heterocycles. The van der Waals surface area contributed by atoms with Crippen LogP contribution < -0.4 is 4.74 Å². The van der Waals surface area contributed by atoms with Crippen molar-refractivity contribution in [3.63, 3.8) is 0 Å². The zero-order valence-electron chi connectivity index (χ0n) is 10.0. The van der Waals surface area contributed by atoms with E-state index in [1.165, 1.54) is 17.2 Å². The summed E-state index contributed by atoms with van der Waals surface area (Å²) in [5.74, 6) is 1.03. The molecule has 0 fully saturated rings. The molecule has 0 N–H and O–H groups in total. The molecule has 0 unspecified atom stereocenters. The standard InChI is InChI=1S/C13H16I2OSi/c1-10(2)9-17-8-7-11-5-3-4-6-12(11)16-13(14)15/h3-6,9,13H,7-8H2,1-2H3. The quantitative estimate of drug-likeness (QED) is 0.251. The van der Waals surface area contributed by atoms with Gasteiger partial charge < -0.3 is 4.74 Å². The second-order valence-electron chi connectivity index (χ2n) is 3.91. The van der Waals surface area contributed by atoms with Gasteiger partial charge in [-0.05, 0) is 77.1 Å². The predicted octanol–water partition coefficient (Wildman–Crippen LogP) is 4.81. The molecule has 0 atom stereocenters. The Morgan fingerprint density at radius 3 is 2.71 bits per heavy atom. The van der Waals surface area contributed by atoms with E-state index in [0.29, 0.717) is 0 Å². The number of aryl methyl sites for hydroxylation is 1. The summed E-state index contributed by atoms with van der Waals surface area (Å²) in [7, 11) is 0.909. The molecule has 1 aromatic rings. The molecule has 1 nitrogen and oxygen atoms in total. The Balaban J connectivity index is 2.54. The van der Waals surface area contributed by atoms with Crippen LogP contribution in [0.25, 0.3) is 0 Å². The van der Waals surface area contributed by atoms with Crippen LogP contribution in [-0.2, 0) is 6.42 Å². The Bertz CT molecular complexity index is 373. The minimum absolute atomic E-state index is 0.187. The highest BCUT2D eigenvalue weighted by Crippen LogP contribution is 2.24. The van der Waals surface area contributed by atoms with Crippen LogP contribution in [0.5, 0.6) is 5.75 Å². The maximum atomic E-state index is 5.78. The first kappa shape index (κ1) is 15.5. The molecule has 0 aliphatic carbocycles. The van der Waals surface area contributed by atoms with E-state index < -0.39 is 0 Å². The number of allylic oxidation sites excluding steroid dienone is 1. The van der Waals surface area contributed by atoms with Crippen LogP contribution in [0.15, 0.2) is 35.5 Å². The molecular weight excluding hydrogens is 454 g/mol. The van der Waals surface area contributed by atoms with E-state index in [1.54, 1.807) is 0 Å². The molecular formula is C13H16I2OSi. The largest absolute Gasteiger partial charge is 0.470 e. The lowest BCUT2D eigenvalue weighted by atomic mass is 10.1. The molecule has 92 valence electrons. The number of alkyl halides is 2. The van der Waals surface area contributed by atoms with Crippen LogP contribution in [0.2, 0.25) is 6.04 Å². The molecule has 0 heterocycles. The first-order valence-corrected chi connectivity index (χ1v) is 9.26. The van der Waals surface area contributed by atoms with Crippen LogP contribution in [0, 0.1) is 0 Å². The van der Waals surface area contributed by atoms with Gasteiger partial charge in [0.1, 0.15) is 5.75 Å². The zero-order chi connectivity index (χ0) is 12.7. The first-order valence-electron chi connectivity index (χ1n) is 5.49. The maximum Gasteiger partial charge on any atom is 0.199 e. The Labute approximate surface area is 134 Å². The highest BCUT2D eigenvalue weighted by molar-refractivity contribution is 14.2. The van der Waals surface area contributed by atoms with Crippen molar-refractivity contribution in [2.24, 2.45) is 0 Å². The van der Waals surface area contributed by atoms with Crippen LogP contribution in [0.4, 0.5) is 0 Å². The van der Waals surface area contributed by atoms with Gasteiger partial charge in [-0.3, -0.25) is 0 Å². The lowest BCUT2D eigenvalue weighted by molar-refractivity contribution is 0.386. The predicted molar refractivity (Wildman–Crippen MR) is 92.6 cm³/mol. The number of hydrogen-bond acceptors (Lipinski definition) is 1. The van der Waals surface area contributed by atoms with Gasteiger partial charge in [0, 0.05) is 0 Å².